The van der Waals surface area contributed by atoms with Crippen molar-refractivity contribution < 1.29 is 9.53 Å². The van der Waals surface area contributed by atoms with Crippen LogP contribution in [0.1, 0.15) is 149 Å². The van der Waals surface area contributed by atoms with Gasteiger partial charge in [-0.05, 0) is 65.1 Å². The summed E-state index contributed by atoms with van der Waals surface area (Å²) in [5.41, 5.74) is 0. The van der Waals surface area contributed by atoms with E-state index in [4.69, 9.17) is 4.74 Å². The lowest BCUT2D eigenvalue weighted by Crippen LogP contribution is -2.20. The monoisotopic (exact) mass is 439 g/mol. The molecule has 186 valence electrons. The fourth-order valence-electron chi connectivity index (χ4n) is 4.21. The van der Waals surface area contributed by atoms with Crippen molar-refractivity contribution in [3.63, 3.8) is 0 Å². The molecule has 0 fully saturated rings. The van der Waals surface area contributed by atoms with Gasteiger partial charge < -0.3 is 9.64 Å². The van der Waals surface area contributed by atoms with Gasteiger partial charge in [-0.15, -0.1) is 0 Å². The number of carbonyl (C=O) groups excluding carboxylic acids is 1. The second kappa shape index (κ2) is 24.1. The summed E-state index contributed by atoms with van der Waals surface area (Å²) in [6.45, 7) is 9.18. The van der Waals surface area contributed by atoms with Crippen LogP contribution in [0.25, 0.3) is 0 Å². The van der Waals surface area contributed by atoms with Crippen LogP contribution in [0.15, 0.2) is 0 Å². The lowest BCUT2D eigenvalue weighted by molar-refractivity contribution is -0.150. The molecule has 3 nitrogen and oxygen atoms in total. The molecule has 1 atom stereocenters. The van der Waals surface area contributed by atoms with Gasteiger partial charge in [0.05, 0.1) is 0 Å². The maximum Gasteiger partial charge on any atom is 0.306 e. The van der Waals surface area contributed by atoms with Crippen molar-refractivity contribution >= 4 is 5.97 Å². The van der Waals surface area contributed by atoms with Crippen molar-refractivity contribution in [2.24, 2.45) is 0 Å². The zero-order valence-corrected chi connectivity index (χ0v) is 21.9. The Morgan fingerprint density at radius 2 is 1.03 bits per heavy atom. The molecule has 0 rings (SSSR count). The number of esters is 1. The number of carbonyl (C=O) groups is 1. The maximum atomic E-state index is 12.4. The third-order valence-corrected chi connectivity index (χ3v) is 6.37. The Kier molecular flexibility index (Phi) is 23.6. The molecule has 0 aromatic rings. The van der Waals surface area contributed by atoms with Crippen molar-refractivity contribution in [1.29, 1.82) is 0 Å². The Bertz CT molecular complexity index is 372. The number of hydrogen-bond acceptors (Lipinski definition) is 3. The Morgan fingerprint density at radius 1 is 0.613 bits per heavy atom. The van der Waals surface area contributed by atoms with Crippen LogP contribution in [0.5, 0.6) is 0 Å². The average Bonchev–Trinajstić information content (AvgIpc) is 2.76. The highest BCUT2D eigenvalue weighted by Gasteiger charge is 2.14. The summed E-state index contributed by atoms with van der Waals surface area (Å²) >= 11 is 0. The van der Waals surface area contributed by atoms with Gasteiger partial charge in [-0.1, -0.05) is 97.8 Å². The van der Waals surface area contributed by atoms with Crippen LogP contribution >= 0.6 is 0 Å². The molecule has 0 aromatic carbocycles. The molecule has 0 aliphatic heterocycles. The van der Waals surface area contributed by atoms with E-state index in [1.807, 2.05) is 0 Å². The van der Waals surface area contributed by atoms with E-state index in [1.165, 1.54) is 109 Å². The summed E-state index contributed by atoms with van der Waals surface area (Å²) in [4.78, 5) is 14.8. The van der Waals surface area contributed by atoms with Crippen LogP contribution in [0, 0.1) is 0 Å². The molecule has 0 saturated carbocycles. The third kappa shape index (κ3) is 22.4. The Labute approximate surface area is 196 Å². The van der Waals surface area contributed by atoms with Crippen molar-refractivity contribution in [2.45, 2.75) is 155 Å². The lowest BCUT2D eigenvalue weighted by Gasteiger charge is -2.18. The van der Waals surface area contributed by atoms with Crippen LogP contribution in [0.4, 0.5) is 0 Å². The molecule has 0 amide bonds. The summed E-state index contributed by atoms with van der Waals surface area (Å²) in [7, 11) is 2.23. The molecule has 0 radical (unpaired) electrons. The molecule has 0 aliphatic carbocycles. The fraction of sp³-hybridized carbons (Fsp3) is 0.964. The highest BCUT2D eigenvalue weighted by atomic mass is 16.5. The minimum absolute atomic E-state index is 0.0446. The van der Waals surface area contributed by atoms with Gasteiger partial charge in [0, 0.05) is 6.42 Å². The van der Waals surface area contributed by atoms with Crippen LogP contribution in [-0.4, -0.2) is 37.1 Å². The van der Waals surface area contributed by atoms with Gasteiger partial charge in [-0.2, -0.15) is 0 Å². The molecule has 31 heavy (non-hydrogen) atoms. The first-order chi connectivity index (χ1) is 15.1. The van der Waals surface area contributed by atoms with Crippen LogP contribution in [0.2, 0.25) is 0 Å². The molecule has 0 aliphatic rings. The first kappa shape index (κ1) is 30.4. The quantitative estimate of drug-likeness (QED) is 0.111. The number of rotatable bonds is 24. The smallest absolute Gasteiger partial charge is 0.306 e. The van der Waals surface area contributed by atoms with E-state index in [1.54, 1.807) is 0 Å². The van der Waals surface area contributed by atoms with Crippen molar-refractivity contribution in [2.75, 3.05) is 20.1 Å². The van der Waals surface area contributed by atoms with Gasteiger partial charge in [0.2, 0.25) is 0 Å². The summed E-state index contributed by atoms with van der Waals surface area (Å²) < 4.78 is 5.91. The van der Waals surface area contributed by atoms with Gasteiger partial charge in [0.15, 0.2) is 0 Å². The molecular weight excluding hydrogens is 382 g/mol. The van der Waals surface area contributed by atoms with E-state index in [-0.39, 0.29) is 12.1 Å². The predicted octanol–water partition coefficient (Wildman–Crippen LogP) is 8.69. The van der Waals surface area contributed by atoms with Gasteiger partial charge in [0.1, 0.15) is 6.10 Å². The Hall–Kier alpha value is -0.570. The summed E-state index contributed by atoms with van der Waals surface area (Å²) in [6.07, 6.45) is 24.3. The fourth-order valence-corrected chi connectivity index (χ4v) is 4.21. The van der Waals surface area contributed by atoms with Crippen molar-refractivity contribution in [1.82, 2.24) is 4.90 Å². The highest BCUT2D eigenvalue weighted by Crippen LogP contribution is 2.17. The van der Waals surface area contributed by atoms with Crippen LogP contribution in [-0.2, 0) is 9.53 Å². The van der Waals surface area contributed by atoms with Gasteiger partial charge in [-0.25, -0.2) is 0 Å². The Morgan fingerprint density at radius 3 is 1.65 bits per heavy atom. The normalized spacial score (nSPS) is 12.4. The van der Waals surface area contributed by atoms with Crippen molar-refractivity contribution in [3.8, 4) is 0 Å². The molecule has 1 unspecified atom stereocenters. The highest BCUT2D eigenvalue weighted by molar-refractivity contribution is 5.69. The summed E-state index contributed by atoms with van der Waals surface area (Å²) in [5, 5.41) is 0. The van der Waals surface area contributed by atoms with Gasteiger partial charge in [-0.3, -0.25) is 4.79 Å². The minimum Gasteiger partial charge on any atom is -0.462 e. The van der Waals surface area contributed by atoms with E-state index in [2.05, 4.69) is 32.7 Å². The summed E-state index contributed by atoms with van der Waals surface area (Å²) in [6, 6.07) is 0. The van der Waals surface area contributed by atoms with Gasteiger partial charge in [0.25, 0.3) is 0 Å². The molecular formula is C28H57NO2. The van der Waals surface area contributed by atoms with E-state index >= 15 is 0 Å². The van der Waals surface area contributed by atoms with E-state index in [0.717, 1.165) is 25.7 Å². The largest absolute Gasteiger partial charge is 0.462 e. The predicted molar refractivity (Wildman–Crippen MR) is 137 cm³/mol. The molecule has 0 N–H and O–H groups in total. The van der Waals surface area contributed by atoms with Crippen LogP contribution in [0.3, 0.4) is 0 Å². The second-order valence-electron chi connectivity index (χ2n) is 9.69. The molecule has 0 spiro atoms. The lowest BCUT2D eigenvalue weighted by atomic mass is 10.0. The zero-order valence-electron chi connectivity index (χ0n) is 21.9. The van der Waals surface area contributed by atoms with E-state index in [0.29, 0.717) is 6.42 Å². The maximum absolute atomic E-state index is 12.4. The molecule has 0 bridgehead atoms. The topological polar surface area (TPSA) is 29.5 Å². The average molecular weight is 440 g/mol. The number of hydrogen-bond donors (Lipinski definition) is 0. The van der Waals surface area contributed by atoms with E-state index < -0.39 is 0 Å². The van der Waals surface area contributed by atoms with Crippen LogP contribution < -0.4 is 0 Å². The second-order valence-corrected chi connectivity index (χ2v) is 9.69. The Balaban J connectivity index is 3.91. The number of ether oxygens (including phenoxy) is 1. The SMILES string of the molecule is CCCCCCCCC(CCCCCC)OC(=O)CCCCCCN(C)CCCCC. The number of nitrogens with zero attached hydrogens (tertiary/aromatic N) is 1. The van der Waals surface area contributed by atoms with E-state index in [9.17, 15) is 4.79 Å². The summed E-state index contributed by atoms with van der Waals surface area (Å²) in [5.74, 6) is 0.0446. The molecule has 0 aromatic heterocycles. The standard InChI is InChI=1S/C28H57NO2/c1-5-8-11-13-14-18-23-27(22-17-12-9-6-2)31-28(30)24-19-15-16-21-26-29(4)25-20-10-7-3/h27H,5-26H2,1-4H3. The first-order valence-corrected chi connectivity index (χ1v) is 14.0. The molecule has 0 heterocycles. The number of unbranched alkanes of at least 4 members (excludes halogenated alkanes) is 13. The van der Waals surface area contributed by atoms with Crippen molar-refractivity contribution in [3.05, 3.63) is 0 Å². The third-order valence-electron chi connectivity index (χ3n) is 6.37. The van der Waals surface area contributed by atoms with Gasteiger partial charge >= 0.3 is 5.97 Å². The first-order valence-electron chi connectivity index (χ1n) is 14.0. The minimum atomic E-state index is 0.0446. The molecule has 3 heteroatoms. The zero-order chi connectivity index (χ0) is 23.0. The molecule has 0 saturated heterocycles.